The number of nitrogens with one attached hydrogen (secondary N) is 1. The van der Waals surface area contributed by atoms with Gasteiger partial charge in [0.1, 0.15) is 6.10 Å². The molecule has 0 aromatic heterocycles. The first-order valence-electron chi connectivity index (χ1n) is 7.03. The fourth-order valence-electron chi connectivity index (χ4n) is 3.32. The Morgan fingerprint density at radius 1 is 0.889 bits per heavy atom. The van der Waals surface area contributed by atoms with Crippen molar-refractivity contribution in [3.05, 3.63) is 0 Å². The molecule has 5 nitrogen and oxygen atoms in total. The van der Waals surface area contributed by atoms with Crippen LogP contribution in [0.3, 0.4) is 0 Å². The van der Waals surface area contributed by atoms with E-state index in [2.05, 4.69) is 5.32 Å². The summed E-state index contributed by atoms with van der Waals surface area (Å²) in [6, 6.07) is -0.415. The second-order valence-electron chi connectivity index (χ2n) is 5.76. The van der Waals surface area contributed by atoms with Gasteiger partial charge in [-0.2, -0.15) is 0 Å². The second kappa shape index (κ2) is 6.30. The number of aliphatic hydroxyl groups excluding tert-OH is 4. The van der Waals surface area contributed by atoms with Crippen molar-refractivity contribution >= 4 is 0 Å². The van der Waals surface area contributed by atoms with Crippen molar-refractivity contribution in [2.24, 2.45) is 11.8 Å². The summed E-state index contributed by atoms with van der Waals surface area (Å²) in [5.41, 5.74) is 0. The van der Waals surface area contributed by atoms with Gasteiger partial charge in [0.2, 0.25) is 0 Å². The van der Waals surface area contributed by atoms with Crippen molar-refractivity contribution in [1.82, 2.24) is 5.32 Å². The molecule has 5 heteroatoms. The highest BCUT2D eigenvalue weighted by atomic mass is 16.4. The smallest absolute Gasteiger partial charge is 0.108 e. The molecular formula is C13H25NO4. The van der Waals surface area contributed by atoms with Gasteiger partial charge in [-0.1, -0.05) is 19.3 Å². The molecule has 5 atom stereocenters. The molecule has 5 N–H and O–H groups in total. The molecule has 0 spiro atoms. The minimum Gasteiger partial charge on any atom is -0.396 e. The van der Waals surface area contributed by atoms with Gasteiger partial charge in [-0.05, 0) is 25.3 Å². The SMILES string of the molecule is OC[C@@H]1[C@H](O)[C@H](O)[C@@H](O)[C@@H]1NCC1CCCCC1. The summed E-state index contributed by atoms with van der Waals surface area (Å²) in [5.74, 6) is 0.124. The lowest BCUT2D eigenvalue weighted by molar-refractivity contribution is -0.0312. The Morgan fingerprint density at radius 2 is 1.56 bits per heavy atom. The summed E-state index contributed by atoms with van der Waals surface area (Å²) >= 11 is 0. The van der Waals surface area contributed by atoms with E-state index in [-0.39, 0.29) is 6.61 Å². The Balaban J connectivity index is 1.86. The molecule has 0 aliphatic heterocycles. The lowest BCUT2D eigenvalue weighted by atomic mass is 9.89. The van der Waals surface area contributed by atoms with E-state index in [1.807, 2.05) is 0 Å². The zero-order valence-corrected chi connectivity index (χ0v) is 10.7. The third-order valence-corrected chi connectivity index (χ3v) is 4.55. The highest BCUT2D eigenvalue weighted by Gasteiger charge is 2.48. The van der Waals surface area contributed by atoms with Gasteiger partial charge in [-0.15, -0.1) is 0 Å². The van der Waals surface area contributed by atoms with E-state index < -0.39 is 30.3 Å². The fraction of sp³-hybridized carbons (Fsp3) is 1.00. The van der Waals surface area contributed by atoms with Crippen LogP contribution in [0.1, 0.15) is 32.1 Å². The summed E-state index contributed by atoms with van der Waals surface area (Å²) in [6.45, 7) is 0.565. The van der Waals surface area contributed by atoms with Crippen LogP contribution in [0.2, 0.25) is 0 Å². The molecule has 0 unspecified atom stereocenters. The predicted molar refractivity (Wildman–Crippen MR) is 67.0 cm³/mol. The molecular weight excluding hydrogens is 234 g/mol. The fourth-order valence-corrected chi connectivity index (χ4v) is 3.32. The van der Waals surface area contributed by atoms with Crippen molar-refractivity contribution in [1.29, 1.82) is 0 Å². The van der Waals surface area contributed by atoms with Crippen molar-refractivity contribution < 1.29 is 20.4 Å². The highest BCUT2D eigenvalue weighted by molar-refractivity contribution is 5.02. The number of hydrogen-bond donors (Lipinski definition) is 5. The number of aliphatic hydroxyl groups is 4. The largest absolute Gasteiger partial charge is 0.396 e. The zero-order valence-electron chi connectivity index (χ0n) is 10.7. The molecule has 18 heavy (non-hydrogen) atoms. The lowest BCUT2D eigenvalue weighted by Gasteiger charge is -2.27. The maximum Gasteiger partial charge on any atom is 0.108 e. The Kier molecular flexibility index (Phi) is 4.98. The normalized spacial score (nSPS) is 42.3. The second-order valence-corrected chi connectivity index (χ2v) is 5.76. The molecule has 0 heterocycles. The third-order valence-electron chi connectivity index (χ3n) is 4.55. The van der Waals surface area contributed by atoms with Gasteiger partial charge >= 0.3 is 0 Å². The number of hydrogen-bond acceptors (Lipinski definition) is 5. The van der Waals surface area contributed by atoms with E-state index in [0.717, 1.165) is 6.54 Å². The van der Waals surface area contributed by atoms with Crippen LogP contribution in [0.5, 0.6) is 0 Å². The minimum absolute atomic E-state index is 0.225. The topological polar surface area (TPSA) is 93.0 Å². The van der Waals surface area contributed by atoms with Gasteiger partial charge in [-0.3, -0.25) is 0 Å². The van der Waals surface area contributed by atoms with Crippen molar-refractivity contribution in [3.8, 4) is 0 Å². The summed E-state index contributed by atoms with van der Waals surface area (Å²) in [7, 11) is 0. The average molecular weight is 259 g/mol. The van der Waals surface area contributed by atoms with Crippen LogP contribution in [0, 0.1) is 11.8 Å². The van der Waals surface area contributed by atoms with Gasteiger partial charge < -0.3 is 25.7 Å². The van der Waals surface area contributed by atoms with Gasteiger partial charge in [0.15, 0.2) is 0 Å². The summed E-state index contributed by atoms with van der Waals surface area (Å²) in [4.78, 5) is 0. The summed E-state index contributed by atoms with van der Waals surface area (Å²) < 4.78 is 0. The minimum atomic E-state index is -1.16. The van der Waals surface area contributed by atoms with Crippen LogP contribution in [0.4, 0.5) is 0 Å². The standard InChI is InChI=1S/C13H25NO4/c15-7-9-10(12(17)13(18)11(9)16)14-6-8-4-2-1-3-5-8/h8-18H,1-7H2/t9-,10+,11-,12-,13-/m0/s1. The predicted octanol–water partition coefficient (Wildman–Crippen LogP) is -0.770. The van der Waals surface area contributed by atoms with Crippen LogP contribution in [0.15, 0.2) is 0 Å². The first-order chi connectivity index (χ1) is 8.65. The van der Waals surface area contributed by atoms with Crippen LogP contribution >= 0.6 is 0 Å². The van der Waals surface area contributed by atoms with Gasteiger partial charge in [0.25, 0.3) is 0 Å². The number of rotatable bonds is 4. The molecule has 0 aromatic carbocycles. The molecule has 2 fully saturated rings. The summed E-state index contributed by atoms with van der Waals surface area (Å²) in [5, 5.41) is 41.7. The van der Waals surface area contributed by atoms with E-state index in [9.17, 15) is 20.4 Å². The van der Waals surface area contributed by atoms with Crippen LogP contribution in [-0.4, -0.2) is 57.9 Å². The van der Waals surface area contributed by atoms with E-state index in [0.29, 0.717) is 5.92 Å². The van der Waals surface area contributed by atoms with E-state index in [1.165, 1.54) is 32.1 Å². The Bertz CT molecular complexity index is 257. The van der Waals surface area contributed by atoms with E-state index >= 15 is 0 Å². The molecule has 106 valence electrons. The van der Waals surface area contributed by atoms with Crippen molar-refractivity contribution in [3.63, 3.8) is 0 Å². The molecule has 0 radical (unpaired) electrons. The Morgan fingerprint density at radius 3 is 2.17 bits per heavy atom. The molecule has 2 saturated carbocycles. The maximum atomic E-state index is 9.88. The Labute approximate surface area is 108 Å². The monoisotopic (exact) mass is 259 g/mol. The zero-order chi connectivity index (χ0) is 13.1. The van der Waals surface area contributed by atoms with E-state index in [4.69, 9.17) is 0 Å². The summed E-state index contributed by atoms with van der Waals surface area (Å²) in [6.07, 6.45) is 3.01. The van der Waals surface area contributed by atoms with Gasteiger partial charge in [-0.25, -0.2) is 0 Å². The molecule has 2 aliphatic rings. The van der Waals surface area contributed by atoms with Gasteiger partial charge in [0, 0.05) is 12.0 Å². The molecule has 2 aliphatic carbocycles. The van der Waals surface area contributed by atoms with Crippen molar-refractivity contribution in [2.75, 3.05) is 13.2 Å². The van der Waals surface area contributed by atoms with Crippen LogP contribution in [-0.2, 0) is 0 Å². The first kappa shape index (κ1) is 14.2. The molecule has 0 saturated heterocycles. The molecule has 2 rings (SSSR count). The van der Waals surface area contributed by atoms with Gasteiger partial charge in [0.05, 0.1) is 18.8 Å². The molecule has 0 aromatic rings. The van der Waals surface area contributed by atoms with Crippen LogP contribution < -0.4 is 5.32 Å². The average Bonchev–Trinajstić information content (AvgIpc) is 2.61. The Hall–Kier alpha value is -0.200. The highest BCUT2D eigenvalue weighted by Crippen LogP contribution is 2.28. The van der Waals surface area contributed by atoms with Crippen LogP contribution in [0.25, 0.3) is 0 Å². The first-order valence-corrected chi connectivity index (χ1v) is 7.03. The lowest BCUT2D eigenvalue weighted by Crippen LogP contribution is -2.45. The van der Waals surface area contributed by atoms with E-state index in [1.54, 1.807) is 0 Å². The van der Waals surface area contributed by atoms with Crippen molar-refractivity contribution in [2.45, 2.75) is 56.5 Å². The third kappa shape index (κ3) is 2.86. The maximum absolute atomic E-state index is 9.88. The molecule has 0 bridgehead atoms. The molecule has 0 amide bonds. The quantitative estimate of drug-likeness (QED) is 0.457.